The van der Waals surface area contributed by atoms with Crippen molar-refractivity contribution in [3.63, 3.8) is 0 Å². The van der Waals surface area contributed by atoms with E-state index in [1.165, 1.54) is 9.80 Å². The molecule has 0 aromatic heterocycles. The molecule has 2 heterocycles. The zero-order chi connectivity index (χ0) is 42.7. The van der Waals surface area contributed by atoms with Crippen molar-refractivity contribution in [1.29, 1.82) is 0 Å². The summed E-state index contributed by atoms with van der Waals surface area (Å²) in [6.07, 6.45) is -1.98. The van der Waals surface area contributed by atoms with Crippen molar-refractivity contribution in [2.24, 2.45) is 5.11 Å². The Morgan fingerprint density at radius 3 is 1.53 bits per heavy atom. The van der Waals surface area contributed by atoms with E-state index in [9.17, 15) is 28.3 Å². The van der Waals surface area contributed by atoms with Crippen LogP contribution < -0.4 is 0 Å². The Morgan fingerprint density at radius 2 is 1.13 bits per heavy atom. The molecule has 0 spiro atoms. The SMILES string of the molecule is O=C(OCc1ccccc1)N(Cc1ccccc1)[C@H](CF)[C@@H]1CCC(I)C(O)O1.[N-]=[N+]=NC1CC[C@@H]([C@@H](CF)N(Cc2ccccc2)C(=O)OCc2ccccc2)OC1=O. The number of azide groups is 1. The molecule has 16 heteroatoms. The first-order valence-corrected chi connectivity index (χ1v) is 20.8. The van der Waals surface area contributed by atoms with Gasteiger partial charge in [0.25, 0.3) is 0 Å². The molecule has 0 aliphatic carbocycles. The van der Waals surface area contributed by atoms with E-state index in [0.717, 1.165) is 22.3 Å². The van der Waals surface area contributed by atoms with Crippen LogP contribution in [0.25, 0.3) is 10.4 Å². The first kappa shape index (κ1) is 45.8. The molecule has 60 heavy (non-hydrogen) atoms. The van der Waals surface area contributed by atoms with Crippen LogP contribution in [0.2, 0.25) is 0 Å². The third-order valence-electron chi connectivity index (χ3n) is 10.1. The molecule has 4 aromatic carbocycles. The normalized spacial score (nSPS) is 20.7. The van der Waals surface area contributed by atoms with E-state index in [1.54, 1.807) is 0 Å². The summed E-state index contributed by atoms with van der Waals surface area (Å²) in [5.41, 5.74) is 11.9. The van der Waals surface area contributed by atoms with Crippen molar-refractivity contribution in [2.45, 2.75) is 92.5 Å². The summed E-state index contributed by atoms with van der Waals surface area (Å²) in [6, 6.07) is 34.2. The Labute approximate surface area is 361 Å². The van der Waals surface area contributed by atoms with Crippen LogP contribution >= 0.6 is 22.6 Å². The summed E-state index contributed by atoms with van der Waals surface area (Å²) in [5, 5.41) is 13.5. The molecule has 3 unspecified atom stereocenters. The number of esters is 1. The Kier molecular flexibility index (Phi) is 18.4. The minimum Gasteiger partial charge on any atom is -0.460 e. The number of benzene rings is 4. The molecule has 6 rings (SSSR count). The van der Waals surface area contributed by atoms with Gasteiger partial charge in [0.1, 0.15) is 44.8 Å². The highest BCUT2D eigenvalue weighted by molar-refractivity contribution is 14.1. The van der Waals surface area contributed by atoms with Crippen molar-refractivity contribution in [3.05, 3.63) is 154 Å². The molecule has 0 bridgehead atoms. The van der Waals surface area contributed by atoms with Crippen molar-refractivity contribution in [3.8, 4) is 0 Å². The van der Waals surface area contributed by atoms with E-state index in [-0.39, 0.29) is 43.1 Å². The highest BCUT2D eigenvalue weighted by Crippen LogP contribution is 2.29. The lowest BCUT2D eigenvalue weighted by atomic mass is 9.98. The number of carbonyl (C=O) groups excluding carboxylic acids is 3. The zero-order valence-electron chi connectivity index (χ0n) is 32.8. The van der Waals surface area contributed by atoms with Gasteiger partial charge in [-0.15, -0.1) is 0 Å². The molecule has 4 aromatic rings. The number of cyclic esters (lactones) is 1. The predicted molar refractivity (Wildman–Crippen MR) is 227 cm³/mol. The zero-order valence-corrected chi connectivity index (χ0v) is 35.0. The molecule has 2 fully saturated rings. The largest absolute Gasteiger partial charge is 0.460 e. The molecule has 7 atom stereocenters. The van der Waals surface area contributed by atoms with Crippen LogP contribution in [0.5, 0.6) is 0 Å². The van der Waals surface area contributed by atoms with Gasteiger partial charge >= 0.3 is 18.2 Å². The number of hydrogen-bond acceptors (Lipinski definition) is 9. The maximum atomic E-state index is 14.2. The molecule has 2 aliphatic heterocycles. The van der Waals surface area contributed by atoms with Gasteiger partial charge in [0.15, 0.2) is 6.29 Å². The Bertz CT molecular complexity index is 1970. The number of nitrogens with zero attached hydrogens (tertiary/aromatic N) is 5. The standard InChI is InChI=1S/C22H25FINO4.C22H23FN4O4/c23-13-19(20-12-11-18(24)21(26)29-20)25(14-16-7-3-1-4-8-16)22(27)28-15-17-9-5-2-6-10-17;23-13-19(20-12-11-18(25-26-24)21(28)31-20)27(14-16-7-3-1-4-8-16)22(29)30-15-17-9-5-2-6-10-17/h1-10,18-21,26H,11-15H2;1-10,18-20H,11-15H2/t18?,19-,20+,21?;18?,19-,20+/m11/s1. The average Bonchev–Trinajstić information content (AvgIpc) is 3.28. The van der Waals surface area contributed by atoms with E-state index in [2.05, 4.69) is 32.6 Å². The fourth-order valence-corrected chi connectivity index (χ4v) is 7.34. The molecule has 1 N–H and O–H groups in total. The molecule has 2 saturated heterocycles. The molecule has 13 nitrogen and oxygen atoms in total. The van der Waals surface area contributed by atoms with E-state index in [0.29, 0.717) is 12.8 Å². The third-order valence-corrected chi connectivity index (χ3v) is 11.3. The number of carbonyl (C=O) groups is 3. The monoisotopic (exact) mass is 939 g/mol. The van der Waals surface area contributed by atoms with Crippen LogP contribution in [-0.4, -0.2) is 87.0 Å². The first-order valence-electron chi connectivity index (χ1n) is 19.6. The predicted octanol–water partition coefficient (Wildman–Crippen LogP) is 9.01. The summed E-state index contributed by atoms with van der Waals surface area (Å²) >= 11 is 2.12. The fourth-order valence-electron chi connectivity index (χ4n) is 6.81. The van der Waals surface area contributed by atoms with Gasteiger partial charge in [-0.25, -0.2) is 18.4 Å². The van der Waals surface area contributed by atoms with Gasteiger partial charge < -0.3 is 24.1 Å². The van der Waals surface area contributed by atoms with Gasteiger partial charge in [0.05, 0.1) is 16.1 Å². The van der Waals surface area contributed by atoms with Crippen LogP contribution in [0, 0.1) is 0 Å². The molecule has 0 saturated carbocycles. The third kappa shape index (κ3) is 13.6. The Morgan fingerprint density at radius 1 is 0.717 bits per heavy atom. The van der Waals surface area contributed by atoms with Crippen molar-refractivity contribution in [2.75, 3.05) is 13.3 Å². The van der Waals surface area contributed by atoms with Crippen molar-refractivity contribution < 1.29 is 47.2 Å². The van der Waals surface area contributed by atoms with Crippen molar-refractivity contribution in [1.82, 2.24) is 9.80 Å². The van der Waals surface area contributed by atoms with Crippen LogP contribution in [0.4, 0.5) is 18.4 Å². The lowest BCUT2D eigenvalue weighted by Gasteiger charge is -2.39. The number of alkyl halides is 3. The smallest absolute Gasteiger partial charge is 0.410 e. The van der Waals surface area contributed by atoms with E-state index in [4.69, 9.17) is 24.5 Å². The maximum Gasteiger partial charge on any atom is 0.410 e. The van der Waals surface area contributed by atoms with Gasteiger partial charge in [-0.05, 0) is 53.5 Å². The summed E-state index contributed by atoms with van der Waals surface area (Å²) in [4.78, 5) is 43.3. The Hall–Kier alpha value is -5.29. The number of ether oxygens (including phenoxy) is 4. The van der Waals surface area contributed by atoms with Crippen LogP contribution in [0.15, 0.2) is 126 Å². The minimum atomic E-state index is -1.03. The molecule has 318 valence electrons. The highest BCUT2D eigenvalue weighted by Gasteiger charge is 2.40. The summed E-state index contributed by atoms with van der Waals surface area (Å²) in [7, 11) is 0. The molecule has 2 amide bonds. The van der Waals surface area contributed by atoms with E-state index < -0.39 is 68.1 Å². The lowest BCUT2D eigenvalue weighted by molar-refractivity contribution is -0.174. The summed E-state index contributed by atoms with van der Waals surface area (Å²) < 4.78 is 50.2. The number of aliphatic hydroxyl groups excluding tert-OH is 1. The van der Waals surface area contributed by atoms with Crippen molar-refractivity contribution >= 4 is 40.7 Å². The summed E-state index contributed by atoms with van der Waals surface area (Å²) in [6.45, 7) is -1.27. The molecular formula is C44H48F2IN5O8. The van der Waals surface area contributed by atoms with Gasteiger partial charge in [-0.2, -0.15) is 0 Å². The second-order valence-corrected chi connectivity index (χ2v) is 15.8. The first-order chi connectivity index (χ1) is 29.2. The molecule has 0 radical (unpaired) electrons. The van der Waals surface area contributed by atoms with Crippen LogP contribution in [0.1, 0.15) is 47.9 Å². The van der Waals surface area contributed by atoms with Gasteiger partial charge in [0, 0.05) is 18.0 Å². The van der Waals surface area contributed by atoms with E-state index >= 15 is 0 Å². The quantitative estimate of drug-likeness (QED) is 0.0235. The maximum absolute atomic E-state index is 14.2. The highest BCUT2D eigenvalue weighted by atomic mass is 127. The van der Waals surface area contributed by atoms with Gasteiger partial charge in [-0.3, -0.25) is 14.6 Å². The topological polar surface area (TPSA) is 164 Å². The number of hydrogen-bond donors (Lipinski definition) is 1. The number of rotatable bonds is 15. The number of amides is 2. The van der Waals surface area contributed by atoms with E-state index in [1.807, 2.05) is 121 Å². The second-order valence-electron chi connectivity index (χ2n) is 14.2. The average molecular weight is 940 g/mol. The fraction of sp³-hybridized carbons (Fsp3) is 0.386. The second kappa shape index (κ2) is 24.1. The van der Waals surface area contributed by atoms with Crippen LogP contribution in [0.3, 0.4) is 0 Å². The minimum absolute atomic E-state index is 0.0351. The lowest BCUT2D eigenvalue weighted by Crippen LogP contribution is -2.52. The molecular weight excluding hydrogens is 891 g/mol. The number of halogens is 3. The molecule has 2 aliphatic rings. The van der Waals surface area contributed by atoms with Gasteiger partial charge in [-0.1, -0.05) is 149 Å². The summed E-state index contributed by atoms with van der Waals surface area (Å²) in [5.74, 6) is -0.718. The van der Waals surface area contributed by atoms with Gasteiger partial charge in [0.2, 0.25) is 0 Å². The number of aliphatic hydroxyl groups is 1. The van der Waals surface area contributed by atoms with Crippen LogP contribution in [-0.2, 0) is 50.0 Å². The Balaban J connectivity index is 0.000000228.